The second-order valence-corrected chi connectivity index (χ2v) is 4.43. The molecular weight excluding hydrogens is 222 g/mol. The minimum Gasteiger partial charge on any atom is -0.481 e. The molecule has 1 aromatic rings. The van der Waals surface area contributed by atoms with Gasteiger partial charge in [0.2, 0.25) is 5.91 Å². The van der Waals surface area contributed by atoms with Crippen LogP contribution in [-0.2, 0) is 23.2 Å². The van der Waals surface area contributed by atoms with Crippen LogP contribution in [0.15, 0.2) is 6.20 Å². The molecule has 6 nitrogen and oxygen atoms in total. The fourth-order valence-electron chi connectivity index (χ4n) is 2.10. The minimum absolute atomic E-state index is 0.0966. The predicted molar refractivity (Wildman–Crippen MR) is 59.1 cm³/mol. The summed E-state index contributed by atoms with van der Waals surface area (Å²) in [5.41, 5.74) is 1.84. The van der Waals surface area contributed by atoms with Crippen molar-refractivity contribution < 1.29 is 14.7 Å². The Bertz CT molecular complexity index is 467. The molecule has 6 heteroatoms. The third-order valence-electron chi connectivity index (χ3n) is 3.04. The molecule has 0 saturated carbocycles. The van der Waals surface area contributed by atoms with E-state index in [2.05, 4.69) is 5.10 Å². The number of hydrogen-bond acceptors (Lipinski definition) is 3. The van der Waals surface area contributed by atoms with Gasteiger partial charge in [-0.2, -0.15) is 5.10 Å². The molecule has 2 heterocycles. The SMILES string of the molecule is Cc1nn(C)cc1CN1C[C@H](C(=O)O)CC1=O. The van der Waals surface area contributed by atoms with E-state index in [4.69, 9.17) is 5.11 Å². The lowest BCUT2D eigenvalue weighted by atomic mass is 10.1. The van der Waals surface area contributed by atoms with Gasteiger partial charge in [-0.3, -0.25) is 14.3 Å². The van der Waals surface area contributed by atoms with Crippen molar-refractivity contribution >= 4 is 11.9 Å². The normalized spacial score (nSPS) is 20.0. The number of amides is 1. The lowest BCUT2D eigenvalue weighted by molar-refractivity contribution is -0.141. The van der Waals surface area contributed by atoms with Gasteiger partial charge in [-0.25, -0.2) is 0 Å². The molecule has 1 N–H and O–H groups in total. The van der Waals surface area contributed by atoms with Crippen LogP contribution in [0, 0.1) is 12.8 Å². The molecule has 1 aliphatic rings. The Balaban J connectivity index is 2.07. The van der Waals surface area contributed by atoms with Crippen LogP contribution in [0.1, 0.15) is 17.7 Å². The van der Waals surface area contributed by atoms with Crippen LogP contribution in [0.5, 0.6) is 0 Å². The Morgan fingerprint density at radius 3 is 2.82 bits per heavy atom. The van der Waals surface area contributed by atoms with Crippen molar-refractivity contribution in [3.05, 3.63) is 17.5 Å². The number of carboxylic acid groups (broad SMARTS) is 1. The summed E-state index contributed by atoms with van der Waals surface area (Å²) in [6, 6.07) is 0. The van der Waals surface area contributed by atoms with E-state index in [-0.39, 0.29) is 12.3 Å². The van der Waals surface area contributed by atoms with Gasteiger partial charge in [0.1, 0.15) is 0 Å². The first-order valence-electron chi connectivity index (χ1n) is 5.47. The van der Waals surface area contributed by atoms with Crippen molar-refractivity contribution in [3.8, 4) is 0 Å². The molecule has 1 aromatic heterocycles. The third kappa shape index (κ3) is 2.30. The Kier molecular flexibility index (Phi) is 2.87. The maximum Gasteiger partial charge on any atom is 0.308 e. The number of carboxylic acids is 1. The molecule has 1 aliphatic heterocycles. The van der Waals surface area contributed by atoms with E-state index in [9.17, 15) is 9.59 Å². The highest BCUT2D eigenvalue weighted by atomic mass is 16.4. The van der Waals surface area contributed by atoms with Gasteiger partial charge in [0.05, 0.1) is 11.6 Å². The zero-order valence-electron chi connectivity index (χ0n) is 9.88. The molecule has 17 heavy (non-hydrogen) atoms. The second kappa shape index (κ2) is 4.20. The average Bonchev–Trinajstić information content (AvgIpc) is 2.73. The Hall–Kier alpha value is -1.85. The summed E-state index contributed by atoms with van der Waals surface area (Å²) >= 11 is 0. The monoisotopic (exact) mass is 237 g/mol. The van der Waals surface area contributed by atoms with Crippen LogP contribution >= 0.6 is 0 Å². The molecule has 1 amide bonds. The number of aliphatic carboxylic acids is 1. The molecule has 0 unspecified atom stereocenters. The van der Waals surface area contributed by atoms with Crippen LogP contribution in [-0.4, -0.2) is 38.2 Å². The Morgan fingerprint density at radius 1 is 1.65 bits per heavy atom. The lowest BCUT2D eigenvalue weighted by Crippen LogP contribution is -2.25. The predicted octanol–water partition coefficient (Wildman–Crippen LogP) is 0.162. The van der Waals surface area contributed by atoms with Gasteiger partial charge in [-0.15, -0.1) is 0 Å². The molecular formula is C11H15N3O3. The largest absolute Gasteiger partial charge is 0.481 e. The van der Waals surface area contributed by atoms with E-state index in [1.54, 1.807) is 9.58 Å². The zero-order chi connectivity index (χ0) is 12.6. The molecule has 2 rings (SSSR count). The zero-order valence-corrected chi connectivity index (χ0v) is 9.88. The number of rotatable bonds is 3. The summed E-state index contributed by atoms with van der Waals surface area (Å²) in [4.78, 5) is 24.1. The van der Waals surface area contributed by atoms with Crippen LogP contribution < -0.4 is 0 Å². The second-order valence-electron chi connectivity index (χ2n) is 4.43. The highest BCUT2D eigenvalue weighted by Crippen LogP contribution is 2.21. The van der Waals surface area contributed by atoms with Crippen molar-refractivity contribution in [1.82, 2.24) is 14.7 Å². The van der Waals surface area contributed by atoms with Gasteiger partial charge in [-0.1, -0.05) is 0 Å². The van der Waals surface area contributed by atoms with Gasteiger partial charge in [0, 0.05) is 38.3 Å². The smallest absolute Gasteiger partial charge is 0.308 e. The topological polar surface area (TPSA) is 75.4 Å². The summed E-state index contributed by atoms with van der Waals surface area (Å²) in [7, 11) is 1.82. The molecule has 0 aromatic carbocycles. The number of aryl methyl sites for hydroxylation is 2. The van der Waals surface area contributed by atoms with E-state index in [0.29, 0.717) is 13.1 Å². The number of carbonyl (C=O) groups excluding carboxylic acids is 1. The van der Waals surface area contributed by atoms with Crippen molar-refractivity contribution in [1.29, 1.82) is 0 Å². The average molecular weight is 237 g/mol. The van der Waals surface area contributed by atoms with Gasteiger partial charge in [0.25, 0.3) is 0 Å². The Morgan fingerprint density at radius 2 is 2.35 bits per heavy atom. The summed E-state index contributed by atoms with van der Waals surface area (Å²) in [6.07, 6.45) is 1.96. The maximum absolute atomic E-state index is 11.6. The minimum atomic E-state index is -0.899. The van der Waals surface area contributed by atoms with Crippen molar-refractivity contribution in [2.24, 2.45) is 13.0 Å². The number of aromatic nitrogens is 2. The molecule has 0 radical (unpaired) electrons. The number of likely N-dealkylation sites (tertiary alicyclic amines) is 1. The van der Waals surface area contributed by atoms with Crippen LogP contribution in [0.4, 0.5) is 0 Å². The summed E-state index contributed by atoms with van der Waals surface area (Å²) < 4.78 is 1.69. The van der Waals surface area contributed by atoms with Crippen LogP contribution in [0.2, 0.25) is 0 Å². The molecule has 0 spiro atoms. The summed E-state index contributed by atoms with van der Waals surface area (Å²) in [5, 5.41) is 13.1. The molecule has 1 fully saturated rings. The fourth-order valence-corrected chi connectivity index (χ4v) is 2.10. The van der Waals surface area contributed by atoms with Gasteiger partial charge in [0.15, 0.2) is 0 Å². The molecule has 1 saturated heterocycles. The first-order valence-corrected chi connectivity index (χ1v) is 5.47. The van der Waals surface area contributed by atoms with E-state index in [1.807, 2.05) is 20.2 Å². The van der Waals surface area contributed by atoms with Gasteiger partial charge >= 0.3 is 5.97 Å². The van der Waals surface area contributed by atoms with Gasteiger partial charge < -0.3 is 10.0 Å². The lowest BCUT2D eigenvalue weighted by Gasteiger charge is -2.15. The number of carbonyl (C=O) groups is 2. The standard InChI is InChI=1S/C11H15N3O3/c1-7-9(4-13(2)12-7)6-14-5-8(11(16)17)3-10(14)15/h4,8H,3,5-6H2,1-2H3,(H,16,17)/t8-/m1/s1. The third-order valence-corrected chi connectivity index (χ3v) is 3.04. The first kappa shape index (κ1) is 11.6. The van der Waals surface area contributed by atoms with Gasteiger partial charge in [-0.05, 0) is 6.92 Å². The highest BCUT2D eigenvalue weighted by Gasteiger charge is 2.34. The summed E-state index contributed by atoms with van der Waals surface area (Å²) in [5.74, 6) is -1.57. The fraction of sp³-hybridized carbons (Fsp3) is 0.545. The van der Waals surface area contributed by atoms with E-state index < -0.39 is 11.9 Å². The summed E-state index contributed by atoms with van der Waals surface area (Å²) in [6.45, 7) is 2.62. The molecule has 1 atom stereocenters. The van der Waals surface area contributed by atoms with E-state index in [1.165, 1.54) is 0 Å². The number of hydrogen-bond donors (Lipinski definition) is 1. The van der Waals surface area contributed by atoms with E-state index in [0.717, 1.165) is 11.3 Å². The van der Waals surface area contributed by atoms with E-state index >= 15 is 0 Å². The molecule has 0 bridgehead atoms. The first-order chi connectivity index (χ1) is 7.97. The quantitative estimate of drug-likeness (QED) is 0.812. The maximum atomic E-state index is 11.6. The van der Waals surface area contributed by atoms with Crippen molar-refractivity contribution in [2.75, 3.05) is 6.54 Å². The van der Waals surface area contributed by atoms with Crippen LogP contribution in [0.25, 0.3) is 0 Å². The molecule has 92 valence electrons. The molecule has 0 aliphatic carbocycles. The van der Waals surface area contributed by atoms with Crippen LogP contribution in [0.3, 0.4) is 0 Å². The highest BCUT2D eigenvalue weighted by molar-refractivity contribution is 5.86. The number of nitrogens with zero attached hydrogens (tertiary/aromatic N) is 3. The van der Waals surface area contributed by atoms with Crippen molar-refractivity contribution in [2.45, 2.75) is 19.9 Å². The Labute approximate surface area is 98.8 Å². The van der Waals surface area contributed by atoms with Crippen molar-refractivity contribution in [3.63, 3.8) is 0 Å².